The number of hydrogen-bond donors (Lipinski definition) is 0. The Balaban J connectivity index is 1.88. The summed E-state index contributed by atoms with van der Waals surface area (Å²) in [6.45, 7) is 4.43. The van der Waals surface area contributed by atoms with Gasteiger partial charge in [0.25, 0.3) is 0 Å². The number of aryl methyl sites for hydroxylation is 1. The van der Waals surface area contributed by atoms with Gasteiger partial charge in [0.1, 0.15) is 0 Å². The normalized spacial score (nSPS) is 21.4. The van der Waals surface area contributed by atoms with Crippen molar-refractivity contribution < 1.29 is 9.47 Å². The van der Waals surface area contributed by atoms with Crippen LogP contribution in [0.15, 0.2) is 24.3 Å². The Morgan fingerprint density at radius 3 is 3.00 bits per heavy atom. The first kappa shape index (κ1) is 9.69. The van der Waals surface area contributed by atoms with E-state index in [9.17, 15) is 0 Å². The van der Waals surface area contributed by atoms with Crippen LogP contribution >= 0.6 is 0 Å². The quantitative estimate of drug-likeness (QED) is 0.731. The van der Waals surface area contributed by atoms with E-state index < -0.39 is 0 Å². The van der Waals surface area contributed by atoms with Crippen LogP contribution in [0.1, 0.15) is 17.5 Å². The van der Waals surface area contributed by atoms with E-state index in [0.717, 1.165) is 19.6 Å². The van der Waals surface area contributed by atoms with Crippen LogP contribution in [0.5, 0.6) is 0 Å². The van der Waals surface area contributed by atoms with E-state index in [0.29, 0.717) is 12.7 Å². The maximum atomic E-state index is 5.74. The Hall–Kier alpha value is -0.860. The fraction of sp³-hybridized carbons (Fsp3) is 0.500. The van der Waals surface area contributed by atoms with Gasteiger partial charge in [0.05, 0.1) is 19.3 Å². The maximum Gasteiger partial charge on any atom is 0.0834 e. The highest BCUT2D eigenvalue weighted by atomic mass is 16.5. The number of rotatable bonds is 3. The van der Waals surface area contributed by atoms with Gasteiger partial charge >= 0.3 is 0 Å². The molecule has 1 aromatic carbocycles. The van der Waals surface area contributed by atoms with E-state index >= 15 is 0 Å². The Bertz CT molecular complexity index is 290. The molecular weight excluding hydrogens is 176 g/mol. The summed E-state index contributed by atoms with van der Waals surface area (Å²) >= 11 is 0. The zero-order chi connectivity index (χ0) is 9.80. The van der Waals surface area contributed by atoms with Crippen molar-refractivity contribution in [3.8, 4) is 0 Å². The third kappa shape index (κ3) is 2.34. The van der Waals surface area contributed by atoms with Gasteiger partial charge in [-0.3, -0.25) is 0 Å². The largest absolute Gasteiger partial charge is 0.379 e. The molecule has 1 unspecified atom stereocenters. The van der Waals surface area contributed by atoms with Crippen molar-refractivity contribution in [3.05, 3.63) is 35.4 Å². The van der Waals surface area contributed by atoms with Crippen molar-refractivity contribution in [1.82, 2.24) is 0 Å². The summed E-state index contributed by atoms with van der Waals surface area (Å²) in [5.41, 5.74) is 2.57. The summed E-state index contributed by atoms with van der Waals surface area (Å²) in [7, 11) is 0. The summed E-state index contributed by atoms with van der Waals surface area (Å²) in [5.74, 6) is 0. The van der Waals surface area contributed by atoms with Crippen molar-refractivity contribution in [3.63, 3.8) is 0 Å². The van der Waals surface area contributed by atoms with Gasteiger partial charge in [0, 0.05) is 6.61 Å². The van der Waals surface area contributed by atoms with Crippen molar-refractivity contribution in [2.45, 2.75) is 26.1 Å². The molecule has 0 amide bonds. The Kier molecular flexibility index (Phi) is 3.17. The van der Waals surface area contributed by atoms with Crippen LogP contribution in [0, 0.1) is 6.92 Å². The van der Waals surface area contributed by atoms with Crippen molar-refractivity contribution in [1.29, 1.82) is 0 Å². The molecule has 2 nitrogen and oxygen atoms in total. The number of hydrogen-bond acceptors (Lipinski definition) is 2. The minimum absolute atomic E-state index is 0.301. The van der Waals surface area contributed by atoms with E-state index in [1.807, 2.05) is 0 Å². The molecule has 1 aliphatic rings. The predicted molar refractivity (Wildman–Crippen MR) is 55.2 cm³/mol. The summed E-state index contributed by atoms with van der Waals surface area (Å²) < 4.78 is 11.0. The molecule has 14 heavy (non-hydrogen) atoms. The molecule has 0 aliphatic carbocycles. The third-order valence-electron chi connectivity index (χ3n) is 2.62. The van der Waals surface area contributed by atoms with Crippen LogP contribution in [0.3, 0.4) is 0 Å². The van der Waals surface area contributed by atoms with Crippen LogP contribution in [0.25, 0.3) is 0 Å². The summed E-state index contributed by atoms with van der Waals surface area (Å²) in [5, 5.41) is 0. The second kappa shape index (κ2) is 4.58. The van der Waals surface area contributed by atoms with Crippen molar-refractivity contribution in [2.24, 2.45) is 0 Å². The first-order chi connectivity index (χ1) is 6.86. The van der Waals surface area contributed by atoms with Crippen LogP contribution < -0.4 is 0 Å². The third-order valence-corrected chi connectivity index (χ3v) is 2.62. The summed E-state index contributed by atoms with van der Waals surface area (Å²) in [4.78, 5) is 0. The second-order valence-electron chi connectivity index (χ2n) is 3.72. The van der Waals surface area contributed by atoms with Gasteiger partial charge in [0.15, 0.2) is 0 Å². The highest BCUT2D eigenvalue weighted by Crippen LogP contribution is 2.13. The zero-order valence-electron chi connectivity index (χ0n) is 8.53. The van der Waals surface area contributed by atoms with E-state index in [1.165, 1.54) is 11.1 Å². The molecule has 1 aliphatic heterocycles. The van der Waals surface area contributed by atoms with Gasteiger partial charge in [-0.2, -0.15) is 0 Å². The fourth-order valence-corrected chi connectivity index (χ4v) is 1.62. The van der Waals surface area contributed by atoms with Crippen LogP contribution in [0.2, 0.25) is 0 Å². The lowest BCUT2D eigenvalue weighted by Gasteiger charge is -2.11. The number of benzene rings is 1. The van der Waals surface area contributed by atoms with Gasteiger partial charge in [-0.05, 0) is 24.5 Å². The Labute approximate surface area is 84.8 Å². The van der Waals surface area contributed by atoms with Crippen molar-refractivity contribution >= 4 is 0 Å². The van der Waals surface area contributed by atoms with Crippen LogP contribution in [0.4, 0.5) is 0 Å². The Morgan fingerprint density at radius 1 is 1.43 bits per heavy atom. The zero-order valence-corrected chi connectivity index (χ0v) is 8.53. The lowest BCUT2D eigenvalue weighted by atomic mass is 10.1. The van der Waals surface area contributed by atoms with Gasteiger partial charge in [-0.1, -0.05) is 24.3 Å². The van der Waals surface area contributed by atoms with E-state index in [2.05, 4.69) is 31.2 Å². The average Bonchev–Trinajstić information content (AvgIpc) is 2.69. The summed E-state index contributed by atoms with van der Waals surface area (Å²) in [6, 6.07) is 8.34. The minimum atomic E-state index is 0.301. The highest BCUT2D eigenvalue weighted by molar-refractivity contribution is 5.24. The fourth-order valence-electron chi connectivity index (χ4n) is 1.62. The lowest BCUT2D eigenvalue weighted by Crippen LogP contribution is -2.12. The molecule has 0 spiro atoms. The van der Waals surface area contributed by atoms with E-state index in [4.69, 9.17) is 9.47 Å². The molecule has 0 aromatic heterocycles. The smallest absolute Gasteiger partial charge is 0.0834 e. The second-order valence-corrected chi connectivity index (χ2v) is 3.72. The topological polar surface area (TPSA) is 18.5 Å². The number of ether oxygens (including phenoxy) is 2. The van der Waals surface area contributed by atoms with E-state index in [-0.39, 0.29) is 0 Å². The molecule has 1 atom stereocenters. The SMILES string of the molecule is Cc1ccccc1COC1CCOC1. The molecule has 1 saturated heterocycles. The molecule has 76 valence electrons. The monoisotopic (exact) mass is 192 g/mol. The lowest BCUT2D eigenvalue weighted by molar-refractivity contribution is 0.0315. The molecule has 1 fully saturated rings. The van der Waals surface area contributed by atoms with Crippen molar-refractivity contribution in [2.75, 3.05) is 13.2 Å². The van der Waals surface area contributed by atoms with Gasteiger partial charge in [0.2, 0.25) is 0 Å². The minimum Gasteiger partial charge on any atom is -0.379 e. The van der Waals surface area contributed by atoms with Crippen LogP contribution in [-0.4, -0.2) is 19.3 Å². The standard InChI is InChI=1S/C12H16O2/c1-10-4-2-3-5-11(10)8-14-12-6-7-13-9-12/h2-5,12H,6-9H2,1H3. The van der Waals surface area contributed by atoms with E-state index in [1.54, 1.807) is 0 Å². The molecule has 0 saturated carbocycles. The first-order valence-electron chi connectivity index (χ1n) is 5.10. The maximum absolute atomic E-state index is 5.74. The molecule has 2 heteroatoms. The molecule has 1 aromatic rings. The molecule has 1 heterocycles. The molecule has 0 N–H and O–H groups in total. The van der Waals surface area contributed by atoms with Gasteiger partial charge in [-0.25, -0.2) is 0 Å². The van der Waals surface area contributed by atoms with Gasteiger partial charge < -0.3 is 9.47 Å². The van der Waals surface area contributed by atoms with Crippen LogP contribution in [-0.2, 0) is 16.1 Å². The molecule has 0 bridgehead atoms. The highest BCUT2D eigenvalue weighted by Gasteiger charge is 2.15. The first-order valence-corrected chi connectivity index (χ1v) is 5.10. The molecular formula is C12H16O2. The average molecular weight is 192 g/mol. The molecule has 0 radical (unpaired) electrons. The summed E-state index contributed by atoms with van der Waals surface area (Å²) in [6.07, 6.45) is 1.33. The Morgan fingerprint density at radius 2 is 2.29 bits per heavy atom. The predicted octanol–water partition coefficient (Wildman–Crippen LogP) is 2.30. The van der Waals surface area contributed by atoms with Gasteiger partial charge in [-0.15, -0.1) is 0 Å². The molecule has 2 rings (SSSR count).